The molecule has 1 aliphatic rings. The van der Waals surface area contributed by atoms with Crippen LogP contribution < -0.4 is 5.32 Å². The SMILES string of the molecule is Cc1nccn1-c1ccc(NCC2CCC(C)O2)cn1. The summed E-state index contributed by atoms with van der Waals surface area (Å²) in [5.74, 6) is 1.82. The fraction of sp³-hybridized carbons (Fsp3) is 0.467. The standard InChI is InChI=1S/C15H20N4O/c1-11-3-5-14(20-11)10-17-13-4-6-15(18-9-13)19-8-7-16-12(19)2/h4,6-9,11,14,17H,3,5,10H2,1-2H3. The van der Waals surface area contributed by atoms with Crippen molar-refractivity contribution in [3.8, 4) is 5.82 Å². The molecule has 2 unspecified atom stereocenters. The van der Waals surface area contributed by atoms with E-state index in [0.29, 0.717) is 12.2 Å². The first-order chi connectivity index (χ1) is 9.72. The summed E-state index contributed by atoms with van der Waals surface area (Å²) in [5.41, 5.74) is 1.02. The normalized spacial score (nSPS) is 22.1. The summed E-state index contributed by atoms with van der Waals surface area (Å²) >= 11 is 0. The maximum atomic E-state index is 5.79. The van der Waals surface area contributed by atoms with Crippen LogP contribution in [-0.4, -0.2) is 33.3 Å². The van der Waals surface area contributed by atoms with E-state index in [-0.39, 0.29) is 0 Å². The van der Waals surface area contributed by atoms with Crippen molar-refractivity contribution in [1.82, 2.24) is 14.5 Å². The van der Waals surface area contributed by atoms with Gasteiger partial charge in [-0.25, -0.2) is 9.97 Å². The number of anilines is 1. The largest absolute Gasteiger partial charge is 0.381 e. The summed E-state index contributed by atoms with van der Waals surface area (Å²) in [4.78, 5) is 8.66. The Morgan fingerprint density at radius 1 is 1.35 bits per heavy atom. The molecule has 1 fully saturated rings. The van der Waals surface area contributed by atoms with Crippen molar-refractivity contribution in [3.63, 3.8) is 0 Å². The topological polar surface area (TPSA) is 52.0 Å². The molecule has 5 heteroatoms. The van der Waals surface area contributed by atoms with Gasteiger partial charge in [-0.2, -0.15) is 0 Å². The van der Waals surface area contributed by atoms with E-state index in [4.69, 9.17) is 4.74 Å². The van der Waals surface area contributed by atoms with Crippen LogP contribution in [0.2, 0.25) is 0 Å². The number of nitrogens with zero attached hydrogens (tertiary/aromatic N) is 3. The second-order valence-corrected chi connectivity index (χ2v) is 5.28. The number of ether oxygens (including phenoxy) is 1. The van der Waals surface area contributed by atoms with E-state index in [2.05, 4.69) is 22.2 Å². The lowest BCUT2D eigenvalue weighted by Crippen LogP contribution is -2.19. The summed E-state index contributed by atoms with van der Waals surface area (Å²) in [7, 11) is 0. The van der Waals surface area contributed by atoms with Gasteiger partial charge in [0, 0.05) is 18.9 Å². The molecule has 106 valence electrons. The van der Waals surface area contributed by atoms with E-state index < -0.39 is 0 Å². The highest BCUT2D eigenvalue weighted by Gasteiger charge is 2.21. The molecule has 20 heavy (non-hydrogen) atoms. The second kappa shape index (κ2) is 5.63. The van der Waals surface area contributed by atoms with E-state index in [9.17, 15) is 0 Å². The van der Waals surface area contributed by atoms with Gasteiger partial charge in [-0.05, 0) is 38.8 Å². The van der Waals surface area contributed by atoms with Gasteiger partial charge < -0.3 is 10.1 Å². The van der Waals surface area contributed by atoms with Crippen molar-refractivity contribution in [3.05, 3.63) is 36.5 Å². The molecule has 1 saturated heterocycles. The highest BCUT2D eigenvalue weighted by molar-refractivity contribution is 5.44. The number of rotatable bonds is 4. The summed E-state index contributed by atoms with van der Waals surface area (Å²) in [6.45, 7) is 4.94. The third-order valence-corrected chi connectivity index (χ3v) is 3.67. The predicted octanol–water partition coefficient (Wildman–Crippen LogP) is 2.56. The van der Waals surface area contributed by atoms with E-state index in [1.165, 1.54) is 0 Å². The molecule has 3 heterocycles. The summed E-state index contributed by atoms with van der Waals surface area (Å²) < 4.78 is 7.75. The molecule has 5 nitrogen and oxygen atoms in total. The molecule has 2 atom stereocenters. The van der Waals surface area contributed by atoms with Crippen molar-refractivity contribution in [2.24, 2.45) is 0 Å². The van der Waals surface area contributed by atoms with Crippen molar-refractivity contribution in [2.45, 2.75) is 38.9 Å². The molecule has 3 rings (SSSR count). The van der Waals surface area contributed by atoms with Crippen molar-refractivity contribution in [1.29, 1.82) is 0 Å². The number of aryl methyl sites for hydroxylation is 1. The maximum Gasteiger partial charge on any atom is 0.138 e. The first kappa shape index (κ1) is 13.1. The lowest BCUT2D eigenvalue weighted by atomic mass is 10.2. The number of pyridine rings is 1. The molecule has 0 bridgehead atoms. The Kier molecular flexibility index (Phi) is 3.69. The fourth-order valence-corrected chi connectivity index (χ4v) is 2.52. The van der Waals surface area contributed by atoms with Crippen LogP contribution in [0.5, 0.6) is 0 Å². The zero-order chi connectivity index (χ0) is 13.9. The molecule has 0 radical (unpaired) electrons. The van der Waals surface area contributed by atoms with Gasteiger partial charge in [0.2, 0.25) is 0 Å². The van der Waals surface area contributed by atoms with Crippen molar-refractivity contribution >= 4 is 5.69 Å². The average molecular weight is 272 g/mol. The van der Waals surface area contributed by atoms with Gasteiger partial charge in [0.15, 0.2) is 0 Å². The van der Waals surface area contributed by atoms with Crippen LogP contribution in [0.1, 0.15) is 25.6 Å². The maximum absolute atomic E-state index is 5.79. The number of imidazole rings is 1. The highest BCUT2D eigenvalue weighted by atomic mass is 16.5. The van der Waals surface area contributed by atoms with Crippen molar-refractivity contribution in [2.75, 3.05) is 11.9 Å². The van der Waals surface area contributed by atoms with Gasteiger partial charge in [0.05, 0.1) is 24.1 Å². The summed E-state index contributed by atoms with van der Waals surface area (Å²) in [6.07, 6.45) is 8.55. The molecule has 0 saturated carbocycles. The van der Waals surface area contributed by atoms with Crippen LogP contribution in [0.15, 0.2) is 30.7 Å². The van der Waals surface area contributed by atoms with E-state index in [1.54, 1.807) is 6.20 Å². The van der Waals surface area contributed by atoms with Crippen LogP contribution in [-0.2, 0) is 4.74 Å². The summed E-state index contributed by atoms with van der Waals surface area (Å²) in [6, 6.07) is 4.04. The second-order valence-electron chi connectivity index (χ2n) is 5.28. The molecule has 0 amide bonds. The number of aromatic nitrogens is 3. The smallest absolute Gasteiger partial charge is 0.138 e. The Labute approximate surface area is 119 Å². The van der Waals surface area contributed by atoms with E-state index >= 15 is 0 Å². The zero-order valence-electron chi connectivity index (χ0n) is 11.9. The van der Waals surface area contributed by atoms with Crippen LogP contribution in [0.25, 0.3) is 5.82 Å². The molecule has 0 aromatic carbocycles. The Morgan fingerprint density at radius 2 is 2.25 bits per heavy atom. The minimum Gasteiger partial charge on any atom is -0.381 e. The van der Waals surface area contributed by atoms with Crippen LogP contribution in [0, 0.1) is 6.92 Å². The molecule has 2 aromatic rings. The fourth-order valence-electron chi connectivity index (χ4n) is 2.52. The van der Waals surface area contributed by atoms with Gasteiger partial charge in [-0.1, -0.05) is 0 Å². The number of hydrogen-bond acceptors (Lipinski definition) is 4. The van der Waals surface area contributed by atoms with Gasteiger partial charge in [-0.3, -0.25) is 4.57 Å². The zero-order valence-corrected chi connectivity index (χ0v) is 11.9. The first-order valence-corrected chi connectivity index (χ1v) is 7.08. The quantitative estimate of drug-likeness (QED) is 0.929. The van der Waals surface area contributed by atoms with Gasteiger partial charge in [0.1, 0.15) is 11.6 Å². The minimum absolute atomic E-state index is 0.320. The van der Waals surface area contributed by atoms with Crippen LogP contribution in [0.4, 0.5) is 5.69 Å². The molecule has 0 spiro atoms. The van der Waals surface area contributed by atoms with Crippen molar-refractivity contribution < 1.29 is 4.74 Å². The Hall–Kier alpha value is -1.88. The Balaban J connectivity index is 1.60. The molecular weight excluding hydrogens is 252 g/mol. The third-order valence-electron chi connectivity index (χ3n) is 3.67. The lowest BCUT2D eigenvalue weighted by molar-refractivity contribution is 0.0637. The Bertz CT molecular complexity index is 564. The van der Waals surface area contributed by atoms with Crippen LogP contribution in [0.3, 0.4) is 0 Å². The third kappa shape index (κ3) is 2.82. The highest BCUT2D eigenvalue weighted by Crippen LogP contribution is 2.19. The predicted molar refractivity (Wildman–Crippen MR) is 78.2 cm³/mol. The monoisotopic (exact) mass is 272 g/mol. The van der Waals surface area contributed by atoms with E-state index in [0.717, 1.165) is 36.7 Å². The Morgan fingerprint density at radius 3 is 2.85 bits per heavy atom. The average Bonchev–Trinajstić information content (AvgIpc) is 3.06. The molecule has 1 N–H and O–H groups in total. The minimum atomic E-state index is 0.320. The molecule has 2 aromatic heterocycles. The van der Waals surface area contributed by atoms with Gasteiger partial charge in [-0.15, -0.1) is 0 Å². The molecular formula is C15H20N4O. The molecule has 1 aliphatic heterocycles. The van der Waals surface area contributed by atoms with E-state index in [1.807, 2.05) is 36.0 Å². The number of nitrogens with one attached hydrogen (secondary N) is 1. The molecule has 0 aliphatic carbocycles. The van der Waals surface area contributed by atoms with Gasteiger partial charge >= 0.3 is 0 Å². The first-order valence-electron chi connectivity index (χ1n) is 7.08. The number of hydrogen-bond donors (Lipinski definition) is 1. The van der Waals surface area contributed by atoms with Crippen LogP contribution >= 0.6 is 0 Å². The van der Waals surface area contributed by atoms with Gasteiger partial charge in [0.25, 0.3) is 0 Å². The summed E-state index contributed by atoms with van der Waals surface area (Å²) in [5, 5.41) is 3.38. The lowest BCUT2D eigenvalue weighted by Gasteiger charge is -2.13.